The molecular weight excluding hydrogens is 304 g/mol. The van der Waals surface area contributed by atoms with E-state index in [0.717, 1.165) is 16.9 Å². The van der Waals surface area contributed by atoms with Crippen LogP contribution in [0.5, 0.6) is 5.75 Å². The van der Waals surface area contributed by atoms with Crippen LogP contribution in [0, 0.1) is 0 Å². The predicted octanol–water partition coefficient (Wildman–Crippen LogP) is 3.84. The van der Waals surface area contributed by atoms with Gasteiger partial charge in [0.05, 0.1) is 13.2 Å². The van der Waals surface area contributed by atoms with Gasteiger partial charge in [-0.2, -0.15) is 0 Å². The normalized spacial score (nSPS) is 11.8. The summed E-state index contributed by atoms with van der Waals surface area (Å²) in [6, 6.07) is 16.9. The Bertz CT molecular complexity index is 810. The summed E-state index contributed by atoms with van der Waals surface area (Å²) in [5, 5.41) is 6.92. The number of hydrogen-bond donors (Lipinski definition) is 1. The Kier molecular flexibility index (Phi) is 4.61. The highest BCUT2D eigenvalue weighted by molar-refractivity contribution is 5.99. The van der Waals surface area contributed by atoms with Gasteiger partial charge in [0, 0.05) is 5.56 Å². The number of nitrogens with zero attached hydrogens (tertiary/aromatic N) is 1. The molecule has 0 saturated carbocycles. The Morgan fingerprint density at radius 2 is 1.83 bits per heavy atom. The van der Waals surface area contributed by atoms with Crippen molar-refractivity contribution >= 4 is 5.91 Å². The fourth-order valence-corrected chi connectivity index (χ4v) is 2.45. The lowest BCUT2D eigenvalue weighted by Gasteiger charge is -2.14. The first kappa shape index (κ1) is 15.8. The Morgan fingerprint density at radius 3 is 2.50 bits per heavy atom. The second-order valence-electron chi connectivity index (χ2n) is 5.41. The van der Waals surface area contributed by atoms with Crippen LogP contribution in [0.4, 0.5) is 0 Å². The van der Waals surface area contributed by atoms with Gasteiger partial charge < -0.3 is 14.6 Å². The van der Waals surface area contributed by atoms with Gasteiger partial charge in [-0.25, -0.2) is 0 Å². The molecule has 0 aliphatic rings. The maximum absolute atomic E-state index is 12.6. The van der Waals surface area contributed by atoms with Gasteiger partial charge in [0.1, 0.15) is 23.3 Å². The molecule has 0 saturated heterocycles. The Hall–Kier alpha value is -3.08. The second-order valence-corrected chi connectivity index (χ2v) is 5.41. The van der Waals surface area contributed by atoms with Crippen LogP contribution in [0.15, 0.2) is 65.4 Å². The number of amides is 1. The van der Waals surface area contributed by atoms with Crippen molar-refractivity contribution in [2.24, 2.45) is 0 Å². The van der Waals surface area contributed by atoms with Crippen LogP contribution in [0.1, 0.15) is 28.9 Å². The molecule has 122 valence electrons. The van der Waals surface area contributed by atoms with E-state index in [1.54, 1.807) is 7.11 Å². The van der Waals surface area contributed by atoms with Gasteiger partial charge in [-0.05, 0) is 24.6 Å². The van der Waals surface area contributed by atoms with Gasteiger partial charge >= 0.3 is 0 Å². The molecule has 5 nitrogen and oxygen atoms in total. The number of aromatic nitrogens is 1. The highest BCUT2D eigenvalue weighted by Crippen LogP contribution is 2.23. The monoisotopic (exact) mass is 322 g/mol. The van der Waals surface area contributed by atoms with Crippen molar-refractivity contribution in [2.45, 2.75) is 13.0 Å². The van der Waals surface area contributed by atoms with Gasteiger partial charge in [0.25, 0.3) is 5.91 Å². The SMILES string of the molecule is COc1ccc([C@@H](C)NC(=O)c2conc2-c2ccccc2)cc1. The highest BCUT2D eigenvalue weighted by Gasteiger charge is 2.19. The minimum atomic E-state index is -0.224. The summed E-state index contributed by atoms with van der Waals surface area (Å²) in [7, 11) is 1.62. The minimum Gasteiger partial charge on any atom is -0.497 e. The first-order valence-corrected chi connectivity index (χ1v) is 7.63. The molecular formula is C19H18N2O3. The largest absolute Gasteiger partial charge is 0.497 e. The summed E-state index contributed by atoms with van der Waals surface area (Å²) in [5.41, 5.74) is 2.78. The summed E-state index contributed by atoms with van der Waals surface area (Å²) in [5.74, 6) is 0.557. The number of carbonyl (C=O) groups excluding carboxylic acids is 1. The summed E-state index contributed by atoms with van der Waals surface area (Å²) < 4.78 is 10.2. The maximum Gasteiger partial charge on any atom is 0.257 e. The van der Waals surface area contributed by atoms with E-state index in [9.17, 15) is 4.79 Å². The third-order valence-electron chi connectivity index (χ3n) is 3.82. The second kappa shape index (κ2) is 7.00. The van der Waals surface area contributed by atoms with Crippen LogP contribution in [0.2, 0.25) is 0 Å². The molecule has 0 spiro atoms. The van der Waals surface area contributed by atoms with Crippen LogP contribution in [0.25, 0.3) is 11.3 Å². The summed E-state index contributed by atoms with van der Waals surface area (Å²) in [4.78, 5) is 12.6. The van der Waals surface area contributed by atoms with E-state index >= 15 is 0 Å². The van der Waals surface area contributed by atoms with Crippen LogP contribution in [-0.2, 0) is 0 Å². The van der Waals surface area contributed by atoms with E-state index in [0.29, 0.717) is 11.3 Å². The molecule has 1 N–H and O–H groups in total. The zero-order chi connectivity index (χ0) is 16.9. The standard InChI is InChI=1S/C19H18N2O3/c1-13(14-8-10-16(23-2)11-9-14)20-19(22)17-12-24-21-18(17)15-6-4-3-5-7-15/h3-13H,1-2H3,(H,20,22)/t13-/m1/s1. The zero-order valence-electron chi connectivity index (χ0n) is 13.5. The van der Waals surface area contributed by atoms with Crippen LogP contribution in [-0.4, -0.2) is 18.2 Å². The molecule has 0 fully saturated rings. The van der Waals surface area contributed by atoms with Crippen molar-refractivity contribution in [2.75, 3.05) is 7.11 Å². The van der Waals surface area contributed by atoms with Crippen LogP contribution < -0.4 is 10.1 Å². The number of carbonyl (C=O) groups is 1. The van der Waals surface area contributed by atoms with E-state index in [1.165, 1.54) is 6.26 Å². The summed E-state index contributed by atoms with van der Waals surface area (Å²) in [6.07, 6.45) is 1.37. The lowest BCUT2D eigenvalue weighted by Crippen LogP contribution is -2.26. The van der Waals surface area contributed by atoms with Gasteiger partial charge in [0.15, 0.2) is 0 Å². The summed E-state index contributed by atoms with van der Waals surface area (Å²) >= 11 is 0. The van der Waals surface area contributed by atoms with Crippen molar-refractivity contribution in [3.8, 4) is 17.0 Å². The van der Waals surface area contributed by atoms with E-state index in [-0.39, 0.29) is 11.9 Å². The third-order valence-corrected chi connectivity index (χ3v) is 3.82. The number of benzene rings is 2. The fourth-order valence-electron chi connectivity index (χ4n) is 2.45. The molecule has 2 aromatic carbocycles. The van der Waals surface area contributed by atoms with Gasteiger partial charge in [-0.1, -0.05) is 47.6 Å². The van der Waals surface area contributed by atoms with Gasteiger partial charge in [-0.3, -0.25) is 4.79 Å². The molecule has 1 atom stereocenters. The van der Waals surface area contributed by atoms with E-state index < -0.39 is 0 Å². The van der Waals surface area contributed by atoms with Crippen LogP contribution >= 0.6 is 0 Å². The first-order chi connectivity index (χ1) is 11.7. The van der Waals surface area contributed by atoms with Crippen molar-refractivity contribution in [3.63, 3.8) is 0 Å². The number of hydrogen-bond acceptors (Lipinski definition) is 4. The number of nitrogens with one attached hydrogen (secondary N) is 1. The average Bonchev–Trinajstić information content (AvgIpc) is 3.12. The molecule has 5 heteroatoms. The molecule has 3 aromatic rings. The topological polar surface area (TPSA) is 64.4 Å². The Morgan fingerprint density at radius 1 is 1.12 bits per heavy atom. The Balaban J connectivity index is 1.77. The number of rotatable bonds is 5. The zero-order valence-corrected chi connectivity index (χ0v) is 13.5. The van der Waals surface area contributed by atoms with E-state index in [2.05, 4.69) is 10.5 Å². The van der Waals surface area contributed by atoms with Crippen molar-refractivity contribution in [1.82, 2.24) is 10.5 Å². The minimum absolute atomic E-state index is 0.151. The molecule has 0 radical (unpaired) electrons. The average molecular weight is 322 g/mol. The molecule has 1 aromatic heterocycles. The molecule has 0 aliphatic heterocycles. The molecule has 3 rings (SSSR count). The smallest absolute Gasteiger partial charge is 0.257 e. The lowest BCUT2D eigenvalue weighted by molar-refractivity contribution is 0.0940. The molecule has 0 unspecified atom stereocenters. The van der Waals surface area contributed by atoms with Crippen molar-refractivity contribution < 1.29 is 14.1 Å². The van der Waals surface area contributed by atoms with Gasteiger partial charge in [-0.15, -0.1) is 0 Å². The summed E-state index contributed by atoms with van der Waals surface area (Å²) in [6.45, 7) is 1.93. The van der Waals surface area contributed by atoms with Gasteiger partial charge in [0.2, 0.25) is 0 Å². The number of ether oxygens (including phenoxy) is 1. The van der Waals surface area contributed by atoms with E-state index in [4.69, 9.17) is 9.26 Å². The molecule has 0 aliphatic carbocycles. The highest BCUT2D eigenvalue weighted by atomic mass is 16.5. The van der Waals surface area contributed by atoms with Crippen molar-refractivity contribution in [3.05, 3.63) is 72.0 Å². The quantitative estimate of drug-likeness (QED) is 0.775. The first-order valence-electron chi connectivity index (χ1n) is 7.63. The molecule has 24 heavy (non-hydrogen) atoms. The molecule has 0 bridgehead atoms. The van der Waals surface area contributed by atoms with Crippen LogP contribution in [0.3, 0.4) is 0 Å². The van der Waals surface area contributed by atoms with Crippen molar-refractivity contribution in [1.29, 1.82) is 0 Å². The fraction of sp³-hybridized carbons (Fsp3) is 0.158. The maximum atomic E-state index is 12.6. The lowest BCUT2D eigenvalue weighted by atomic mass is 10.1. The molecule has 1 heterocycles. The third kappa shape index (κ3) is 3.30. The molecule has 1 amide bonds. The predicted molar refractivity (Wildman–Crippen MR) is 90.8 cm³/mol. The Labute approximate surface area is 140 Å². The number of methoxy groups -OCH3 is 1. The van der Waals surface area contributed by atoms with E-state index in [1.807, 2.05) is 61.5 Å².